The Balaban J connectivity index is 3.57. The van der Waals surface area contributed by atoms with E-state index in [1.165, 1.54) is 6.07 Å². The molecular weight excluding hydrogens is 162 g/mol. The molecule has 0 fully saturated rings. The molecule has 13 heavy (non-hydrogen) atoms. The van der Waals surface area contributed by atoms with Crippen LogP contribution in [0.3, 0.4) is 0 Å². The lowest BCUT2D eigenvalue weighted by molar-refractivity contribution is 1.44. The fourth-order valence-electron chi connectivity index (χ4n) is 1.04. The maximum Gasteiger partial charge on any atom is 0.197 e. The van der Waals surface area contributed by atoms with Crippen LogP contribution in [-0.4, -0.2) is 0 Å². The van der Waals surface area contributed by atoms with Gasteiger partial charge in [-0.2, -0.15) is 5.26 Å². The summed E-state index contributed by atoms with van der Waals surface area (Å²) in [5.74, 6) is 0. The Kier molecular flexibility index (Phi) is 2.29. The maximum absolute atomic E-state index is 8.67. The largest absolute Gasteiger partial charge is 0.239 e. The van der Waals surface area contributed by atoms with Crippen LogP contribution in [0.15, 0.2) is 12.1 Å². The van der Waals surface area contributed by atoms with Gasteiger partial charge in [0.15, 0.2) is 11.4 Å². The van der Waals surface area contributed by atoms with Crippen molar-refractivity contribution < 1.29 is 0 Å². The van der Waals surface area contributed by atoms with Gasteiger partial charge in [-0.1, -0.05) is 19.1 Å². The van der Waals surface area contributed by atoms with Crippen LogP contribution >= 0.6 is 0 Å². The Labute approximate surface area is 76.5 Å². The van der Waals surface area contributed by atoms with Gasteiger partial charge in [0.05, 0.1) is 24.8 Å². The Hall–Kier alpha value is -2.31. The second-order valence-corrected chi connectivity index (χ2v) is 2.44. The van der Waals surface area contributed by atoms with Gasteiger partial charge >= 0.3 is 0 Å². The number of nitrogens with zero attached hydrogens (tertiary/aromatic N) is 3. The van der Waals surface area contributed by atoms with Crippen LogP contribution in [0.5, 0.6) is 0 Å². The maximum atomic E-state index is 8.67. The van der Waals surface area contributed by atoms with Gasteiger partial charge in [0.2, 0.25) is 0 Å². The standard InChI is InChI=1S/C10H5N3/c1-7-9(12-2)5-4-8(6-11)10(7)13-3/h4-5H,1H3. The van der Waals surface area contributed by atoms with Gasteiger partial charge in [-0.15, -0.1) is 0 Å². The molecule has 0 aliphatic heterocycles. The van der Waals surface area contributed by atoms with Gasteiger partial charge in [-0.25, -0.2) is 9.69 Å². The molecule has 0 unspecified atom stereocenters. The quantitative estimate of drug-likeness (QED) is 0.546. The van der Waals surface area contributed by atoms with Gasteiger partial charge in [-0.05, 0) is 5.56 Å². The van der Waals surface area contributed by atoms with E-state index < -0.39 is 0 Å². The molecule has 0 atom stereocenters. The molecule has 0 saturated heterocycles. The van der Waals surface area contributed by atoms with Gasteiger partial charge in [0.1, 0.15) is 0 Å². The minimum absolute atomic E-state index is 0.288. The first kappa shape index (κ1) is 8.78. The van der Waals surface area contributed by atoms with E-state index in [1.54, 1.807) is 13.0 Å². The van der Waals surface area contributed by atoms with Crippen molar-refractivity contribution in [3.8, 4) is 6.07 Å². The average Bonchev–Trinajstić information content (AvgIpc) is 2.17. The number of rotatable bonds is 0. The van der Waals surface area contributed by atoms with Crippen LogP contribution in [0.2, 0.25) is 0 Å². The zero-order valence-electron chi connectivity index (χ0n) is 7.00. The van der Waals surface area contributed by atoms with Crippen LogP contribution in [-0.2, 0) is 0 Å². The Bertz CT molecular complexity index is 467. The minimum Gasteiger partial charge on any atom is -0.239 e. The predicted molar refractivity (Wildman–Crippen MR) is 48.4 cm³/mol. The number of hydrogen-bond acceptors (Lipinski definition) is 1. The van der Waals surface area contributed by atoms with Crippen LogP contribution in [0.4, 0.5) is 11.4 Å². The number of hydrogen-bond donors (Lipinski definition) is 0. The summed E-state index contributed by atoms with van der Waals surface area (Å²) in [6.45, 7) is 15.4. The first-order chi connectivity index (χ1) is 6.24. The lowest BCUT2D eigenvalue weighted by atomic mass is 10.1. The van der Waals surface area contributed by atoms with Crippen molar-refractivity contribution >= 4 is 11.4 Å². The molecule has 0 radical (unpaired) electrons. The normalized spacial score (nSPS) is 8.15. The molecule has 1 aromatic carbocycles. The lowest BCUT2D eigenvalue weighted by Crippen LogP contribution is -1.79. The summed E-state index contributed by atoms with van der Waals surface area (Å²) in [4.78, 5) is 6.49. The minimum atomic E-state index is 0.288. The molecule has 1 rings (SSSR count). The molecule has 0 aliphatic carbocycles. The molecule has 3 heteroatoms. The van der Waals surface area contributed by atoms with Crippen molar-refractivity contribution in [2.45, 2.75) is 6.92 Å². The van der Waals surface area contributed by atoms with Crippen molar-refractivity contribution in [3.63, 3.8) is 0 Å². The SMILES string of the molecule is [C-]#[N+]c1ccc(C#N)c([N+]#[C-])c1C. The van der Waals surface area contributed by atoms with Crippen molar-refractivity contribution in [2.75, 3.05) is 0 Å². The summed E-state index contributed by atoms with van der Waals surface area (Å²) < 4.78 is 0. The van der Waals surface area contributed by atoms with E-state index in [4.69, 9.17) is 18.4 Å². The molecule has 0 aliphatic rings. The molecule has 0 amide bonds. The molecule has 0 heterocycles. The summed E-state index contributed by atoms with van der Waals surface area (Å²) in [5.41, 5.74) is 1.64. The van der Waals surface area contributed by atoms with E-state index in [0.717, 1.165) is 0 Å². The van der Waals surface area contributed by atoms with Gasteiger partial charge < -0.3 is 0 Å². The highest BCUT2D eigenvalue weighted by atomic mass is 14.7. The van der Waals surface area contributed by atoms with Crippen LogP contribution < -0.4 is 0 Å². The fourth-order valence-corrected chi connectivity index (χ4v) is 1.04. The van der Waals surface area contributed by atoms with Crippen molar-refractivity contribution in [1.29, 1.82) is 5.26 Å². The van der Waals surface area contributed by atoms with Crippen molar-refractivity contribution in [3.05, 3.63) is 46.1 Å². The molecule has 0 N–H and O–H groups in total. The van der Waals surface area contributed by atoms with Crippen molar-refractivity contribution in [1.82, 2.24) is 0 Å². The molecule has 0 bridgehead atoms. The zero-order chi connectivity index (χ0) is 9.84. The van der Waals surface area contributed by atoms with Gasteiger partial charge in [0, 0.05) is 0 Å². The third kappa shape index (κ3) is 1.34. The fraction of sp³-hybridized carbons (Fsp3) is 0.100. The van der Waals surface area contributed by atoms with E-state index >= 15 is 0 Å². The summed E-state index contributed by atoms with van der Waals surface area (Å²) in [6, 6.07) is 4.99. The van der Waals surface area contributed by atoms with E-state index in [9.17, 15) is 0 Å². The molecular formula is C10H5N3. The highest BCUT2D eigenvalue weighted by Gasteiger charge is 2.08. The van der Waals surface area contributed by atoms with E-state index in [1.807, 2.05) is 6.07 Å². The topological polar surface area (TPSA) is 32.5 Å². The first-order valence-corrected chi connectivity index (χ1v) is 3.53. The third-order valence-corrected chi connectivity index (χ3v) is 1.76. The smallest absolute Gasteiger partial charge is 0.197 e. The second-order valence-electron chi connectivity index (χ2n) is 2.44. The zero-order valence-corrected chi connectivity index (χ0v) is 7.00. The van der Waals surface area contributed by atoms with E-state index in [0.29, 0.717) is 16.8 Å². The number of nitriles is 1. The summed E-state index contributed by atoms with van der Waals surface area (Å²) >= 11 is 0. The average molecular weight is 167 g/mol. The highest BCUT2D eigenvalue weighted by Crippen LogP contribution is 2.31. The number of benzene rings is 1. The molecule has 0 saturated carbocycles. The van der Waals surface area contributed by atoms with E-state index in [2.05, 4.69) is 9.69 Å². The Morgan fingerprint density at radius 3 is 2.46 bits per heavy atom. The van der Waals surface area contributed by atoms with Crippen LogP contribution in [0, 0.1) is 31.4 Å². The molecule has 3 nitrogen and oxygen atoms in total. The monoisotopic (exact) mass is 167 g/mol. The molecule has 0 spiro atoms. The first-order valence-electron chi connectivity index (χ1n) is 3.53. The Morgan fingerprint density at radius 2 is 2.00 bits per heavy atom. The lowest BCUT2D eigenvalue weighted by Gasteiger charge is -2.00. The van der Waals surface area contributed by atoms with Crippen LogP contribution in [0.25, 0.3) is 9.69 Å². The molecule has 1 aromatic rings. The van der Waals surface area contributed by atoms with Gasteiger partial charge in [0.25, 0.3) is 0 Å². The summed E-state index contributed by atoms with van der Waals surface area (Å²) in [6.07, 6.45) is 0. The second kappa shape index (κ2) is 3.39. The van der Waals surface area contributed by atoms with Crippen molar-refractivity contribution in [2.24, 2.45) is 0 Å². The Morgan fingerprint density at radius 1 is 1.31 bits per heavy atom. The highest BCUT2D eigenvalue weighted by molar-refractivity contribution is 5.72. The molecule has 60 valence electrons. The predicted octanol–water partition coefficient (Wildman–Crippen LogP) is 2.97. The van der Waals surface area contributed by atoms with E-state index in [-0.39, 0.29) is 5.69 Å². The third-order valence-electron chi connectivity index (χ3n) is 1.76. The van der Waals surface area contributed by atoms with Gasteiger partial charge in [-0.3, -0.25) is 0 Å². The summed E-state index contributed by atoms with van der Waals surface area (Å²) in [7, 11) is 0. The molecule has 0 aromatic heterocycles. The van der Waals surface area contributed by atoms with Crippen LogP contribution in [0.1, 0.15) is 11.1 Å². The summed E-state index contributed by atoms with van der Waals surface area (Å²) in [5, 5.41) is 8.67.